The predicted molar refractivity (Wildman–Crippen MR) is 80.8 cm³/mol. The number of ether oxygens (including phenoxy) is 1. The van der Waals surface area contributed by atoms with Crippen LogP contribution in [-0.2, 0) is 27.9 Å². The van der Waals surface area contributed by atoms with Gasteiger partial charge in [-0.15, -0.1) is 0 Å². The maximum absolute atomic E-state index is 11.6. The van der Waals surface area contributed by atoms with Gasteiger partial charge >= 0.3 is 5.97 Å². The highest BCUT2D eigenvalue weighted by atomic mass is 16.5. The minimum atomic E-state index is -0.369. The van der Waals surface area contributed by atoms with Crippen molar-refractivity contribution >= 4 is 22.8 Å². The number of rotatable bonds is 5. The molecule has 5 nitrogen and oxygen atoms in total. The summed E-state index contributed by atoms with van der Waals surface area (Å²) in [5.41, 5.74) is 3.41. The third-order valence-corrected chi connectivity index (χ3v) is 3.62. The number of aromatic nitrogens is 1. The molecule has 0 bridgehead atoms. The molecule has 0 unspecified atom stereocenters. The lowest BCUT2D eigenvalue weighted by molar-refractivity contribution is -0.142. The molecule has 1 amide bonds. The summed E-state index contributed by atoms with van der Waals surface area (Å²) in [6, 6.07) is 8.25. The summed E-state index contributed by atoms with van der Waals surface area (Å²) >= 11 is 0. The molecule has 21 heavy (non-hydrogen) atoms. The molecule has 1 aromatic heterocycles. The highest BCUT2D eigenvalue weighted by Crippen LogP contribution is 2.19. The molecule has 0 saturated carbocycles. The molecular formula is C16H20N2O3. The van der Waals surface area contributed by atoms with Gasteiger partial charge in [-0.3, -0.25) is 9.59 Å². The minimum absolute atomic E-state index is 0.110. The monoisotopic (exact) mass is 288 g/mol. The first-order chi connectivity index (χ1) is 10.0. The molecule has 0 radical (unpaired) electrons. The molecule has 1 N–H and O–H groups in total. The molecule has 2 aromatic rings. The average molecular weight is 288 g/mol. The van der Waals surface area contributed by atoms with Crippen molar-refractivity contribution in [2.45, 2.75) is 26.3 Å². The molecular weight excluding hydrogens is 268 g/mol. The molecule has 0 atom stereocenters. The Morgan fingerprint density at radius 3 is 2.71 bits per heavy atom. The summed E-state index contributed by atoms with van der Waals surface area (Å²) in [6.07, 6.45) is 0.263. The van der Waals surface area contributed by atoms with E-state index in [-0.39, 0.29) is 24.7 Å². The molecule has 0 fully saturated rings. The van der Waals surface area contributed by atoms with Crippen molar-refractivity contribution in [1.82, 2.24) is 9.88 Å². The largest absolute Gasteiger partial charge is 0.469 e. The quantitative estimate of drug-likeness (QED) is 0.857. The first-order valence-electron chi connectivity index (χ1n) is 6.89. The van der Waals surface area contributed by atoms with E-state index in [1.165, 1.54) is 18.3 Å². The van der Waals surface area contributed by atoms with Gasteiger partial charge in [-0.25, -0.2) is 0 Å². The fraction of sp³-hybridized carbons (Fsp3) is 0.375. The van der Waals surface area contributed by atoms with Crippen molar-refractivity contribution in [3.05, 3.63) is 35.5 Å². The first kappa shape index (κ1) is 15.1. The van der Waals surface area contributed by atoms with Crippen molar-refractivity contribution in [3.8, 4) is 0 Å². The topological polar surface area (TPSA) is 60.3 Å². The maximum Gasteiger partial charge on any atom is 0.306 e. The fourth-order valence-electron chi connectivity index (χ4n) is 2.25. The SMILES string of the molecule is COC(=O)CCC(=O)NCc1ccc2c(c1)cc(C)n2C. The Morgan fingerprint density at radius 1 is 1.24 bits per heavy atom. The second-order valence-electron chi connectivity index (χ2n) is 5.09. The number of nitrogens with one attached hydrogen (secondary N) is 1. The Morgan fingerprint density at radius 2 is 2.00 bits per heavy atom. The number of fused-ring (bicyclic) bond motifs is 1. The lowest BCUT2D eigenvalue weighted by Gasteiger charge is -2.06. The number of aryl methyl sites for hydroxylation is 2. The van der Waals surface area contributed by atoms with Gasteiger partial charge in [0.15, 0.2) is 0 Å². The normalized spacial score (nSPS) is 10.6. The Bertz CT molecular complexity index is 673. The van der Waals surface area contributed by atoms with Crippen LogP contribution in [0, 0.1) is 6.92 Å². The zero-order valence-corrected chi connectivity index (χ0v) is 12.6. The number of hydrogen-bond acceptors (Lipinski definition) is 3. The van der Waals surface area contributed by atoms with Crippen LogP contribution in [0.25, 0.3) is 10.9 Å². The van der Waals surface area contributed by atoms with Gasteiger partial charge in [0.2, 0.25) is 5.91 Å². The van der Waals surface area contributed by atoms with E-state index < -0.39 is 0 Å². The number of benzene rings is 1. The van der Waals surface area contributed by atoms with Crippen LogP contribution in [0.15, 0.2) is 24.3 Å². The zero-order chi connectivity index (χ0) is 15.4. The van der Waals surface area contributed by atoms with Crippen LogP contribution in [0.2, 0.25) is 0 Å². The molecule has 0 aliphatic carbocycles. The number of carbonyl (C=O) groups excluding carboxylic acids is 2. The van der Waals surface area contributed by atoms with Crippen molar-refractivity contribution in [2.75, 3.05) is 7.11 Å². The minimum Gasteiger partial charge on any atom is -0.469 e. The van der Waals surface area contributed by atoms with Gasteiger partial charge in [0.25, 0.3) is 0 Å². The van der Waals surface area contributed by atoms with E-state index in [1.807, 2.05) is 13.1 Å². The van der Waals surface area contributed by atoms with Crippen molar-refractivity contribution in [1.29, 1.82) is 0 Å². The van der Waals surface area contributed by atoms with Gasteiger partial charge in [-0.2, -0.15) is 0 Å². The van der Waals surface area contributed by atoms with E-state index in [2.05, 4.69) is 39.7 Å². The summed E-state index contributed by atoms with van der Waals surface area (Å²) < 4.78 is 6.64. The molecule has 1 heterocycles. The number of nitrogens with zero attached hydrogens (tertiary/aromatic N) is 1. The Balaban J connectivity index is 1.94. The molecule has 0 aliphatic rings. The smallest absolute Gasteiger partial charge is 0.306 e. The van der Waals surface area contributed by atoms with Crippen LogP contribution < -0.4 is 5.32 Å². The molecule has 112 valence electrons. The van der Waals surface area contributed by atoms with Crippen LogP contribution in [0.5, 0.6) is 0 Å². The predicted octanol–water partition coefficient (Wildman–Crippen LogP) is 2.06. The van der Waals surface area contributed by atoms with Crippen LogP contribution in [0.1, 0.15) is 24.1 Å². The first-order valence-corrected chi connectivity index (χ1v) is 6.89. The lowest BCUT2D eigenvalue weighted by atomic mass is 10.1. The van der Waals surface area contributed by atoms with E-state index >= 15 is 0 Å². The van der Waals surface area contributed by atoms with Crippen LogP contribution in [-0.4, -0.2) is 23.6 Å². The standard InChI is InChI=1S/C16H20N2O3/c1-11-8-13-9-12(4-5-14(13)18(11)2)10-17-15(19)6-7-16(20)21-3/h4-5,8-9H,6-7,10H2,1-3H3,(H,17,19). The molecule has 5 heteroatoms. The van der Waals surface area contributed by atoms with Crippen LogP contribution >= 0.6 is 0 Å². The third kappa shape index (κ3) is 3.62. The van der Waals surface area contributed by atoms with Crippen molar-refractivity contribution in [2.24, 2.45) is 7.05 Å². The van der Waals surface area contributed by atoms with Gasteiger partial charge in [0, 0.05) is 36.6 Å². The second-order valence-corrected chi connectivity index (χ2v) is 5.09. The van der Waals surface area contributed by atoms with E-state index in [0.29, 0.717) is 6.54 Å². The van der Waals surface area contributed by atoms with Gasteiger partial charge in [0.1, 0.15) is 0 Å². The summed E-state index contributed by atoms with van der Waals surface area (Å²) in [5, 5.41) is 3.97. The lowest BCUT2D eigenvalue weighted by Crippen LogP contribution is -2.23. The number of carbonyl (C=O) groups is 2. The van der Waals surface area contributed by atoms with Crippen LogP contribution in [0.4, 0.5) is 0 Å². The fourth-order valence-corrected chi connectivity index (χ4v) is 2.25. The average Bonchev–Trinajstić information content (AvgIpc) is 2.77. The maximum atomic E-state index is 11.6. The Kier molecular flexibility index (Phi) is 4.62. The summed E-state index contributed by atoms with van der Waals surface area (Å²) in [4.78, 5) is 22.6. The Hall–Kier alpha value is -2.30. The van der Waals surface area contributed by atoms with E-state index in [9.17, 15) is 9.59 Å². The summed E-state index contributed by atoms with van der Waals surface area (Å²) in [5.74, 6) is -0.518. The van der Waals surface area contributed by atoms with E-state index in [0.717, 1.165) is 10.9 Å². The van der Waals surface area contributed by atoms with Gasteiger partial charge in [-0.1, -0.05) is 6.07 Å². The number of amides is 1. The Labute approximate surface area is 123 Å². The molecule has 2 rings (SSSR count). The number of hydrogen-bond donors (Lipinski definition) is 1. The number of esters is 1. The van der Waals surface area contributed by atoms with Crippen molar-refractivity contribution < 1.29 is 14.3 Å². The second kappa shape index (κ2) is 6.43. The van der Waals surface area contributed by atoms with Gasteiger partial charge in [-0.05, 0) is 30.7 Å². The molecule has 1 aromatic carbocycles. The van der Waals surface area contributed by atoms with Crippen LogP contribution in [0.3, 0.4) is 0 Å². The highest BCUT2D eigenvalue weighted by molar-refractivity contribution is 5.83. The van der Waals surface area contributed by atoms with E-state index in [1.54, 1.807) is 0 Å². The van der Waals surface area contributed by atoms with E-state index in [4.69, 9.17) is 0 Å². The molecule has 0 aliphatic heterocycles. The number of methoxy groups -OCH3 is 1. The van der Waals surface area contributed by atoms with Gasteiger partial charge in [0.05, 0.1) is 13.5 Å². The third-order valence-electron chi connectivity index (χ3n) is 3.62. The van der Waals surface area contributed by atoms with Gasteiger partial charge < -0.3 is 14.6 Å². The summed E-state index contributed by atoms with van der Waals surface area (Å²) in [7, 11) is 3.35. The molecule has 0 spiro atoms. The highest BCUT2D eigenvalue weighted by Gasteiger charge is 2.07. The molecule has 0 saturated heterocycles. The van der Waals surface area contributed by atoms with Crippen molar-refractivity contribution in [3.63, 3.8) is 0 Å². The summed E-state index contributed by atoms with van der Waals surface area (Å²) in [6.45, 7) is 2.53. The zero-order valence-electron chi connectivity index (χ0n) is 12.6.